The number of hydrogen-bond donors (Lipinski definition) is 2. The van der Waals surface area contributed by atoms with E-state index in [0.29, 0.717) is 16.9 Å². The normalized spacial score (nSPS) is 16.5. The molecular weight excluding hydrogens is 373 g/mol. The number of benzene rings is 1. The number of pyridine rings is 1. The van der Waals surface area contributed by atoms with Crippen molar-refractivity contribution >= 4 is 29.0 Å². The van der Waals surface area contributed by atoms with Crippen molar-refractivity contribution in [2.75, 3.05) is 10.0 Å². The summed E-state index contributed by atoms with van der Waals surface area (Å²) in [6.45, 7) is 8.29. The van der Waals surface area contributed by atoms with Crippen LogP contribution in [-0.4, -0.2) is 9.31 Å². The minimum Gasteiger partial charge on any atom is -0.351 e. The Morgan fingerprint density at radius 1 is 1.32 bits per heavy atom. The highest BCUT2D eigenvalue weighted by Crippen LogP contribution is 2.52. The second kappa shape index (κ2) is 7.32. The standard InChI is InChI=1S/C22H26FN3OS/c1-4-9-22(10-11-22)28-25-20-18-6-5-12-26(18)21(27)15(3)19(20)24-17-8-7-14(2)13-16(17)23/h4,7-8,13,24-25H,1,5-6,9-12H2,2-3H3. The van der Waals surface area contributed by atoms with E-state index in [2.05, 4.69) is 16.6 Å². The van der Waals surface area contributed by atoms with Gasteiger partial charge in [0.25, 0.3) is 5.56 Å². The van der Waals surface area contributed by atoms with Gasteiger partial charge < -0.3 is 14.6 Å². The predicted molar refractivity (Wildman–Crippen MR) is 116 cm³/mol. The summed E-state index contributed by atoms with van der Waals surface area (Å²) in [6.07, 6.45) is 7.02. The number of fused-ring (bicyclic) bond motifs is 1. The van der Waals surface area contributed by atoms with Crippen LogP contribution in [0.25, 0.3) is 0 Å². The molecule has 2 aromatic rings. The van der Waals surface area contributed by atoms with Crippen molar-refractivity contribution in [3.8, 4) is 0 Å². The van der Waals surface area contributed by atoms with Crippen LogP contribution in [-0.2, 0) is 13.0 Å². The molecule has 1 aliphatic carbocycles. The van der Waals surface area contributed by atoms with Crippen LogP contribution in [0.3, 0.4) is 0 Å². The van der Waals surface area contributed by atoms with Crippen LogP contribution in [0.15, 0.2) is 35.6 Å². The molecule has 0 atom stereocenters. The molecule has 1 saturated carbocycles. The molecule has 4 nitrogen and oxygen atoms in total. The first-order valence-corrected chi connectivity index (χ1v) is 10.6. The molecular formula is C22H26FN3OS. The summed E-state index contributed by atoms with van der Waals surface area (Å²) in [5.74, 6) is -0.316. The Labute approximate surface area is 169 Å². The maximum Gasteiger partial charge on any atom is 0.255 e. The molecule has 2 N–H and O–H groups in total. The average molecular weight is 400 g/mol. The lowest BCUT2D eigenvalue weighted by atomic mass is 10.1. The number of nitrogens with zero attached hydrogens (tertiary/aromatic N) is 1. The van der Waals surface area contributed by atoms with E-state index in [-0.39, 0.29) is 16.1 Å². The number of aryl methyl sites for hydroxylation is 1. The summed E-state index contributed by atoms with van der Waals surface area (Å²) in [7, 11) is 0. The molecule has 0 saturated heterocycles. The molecule has 1 aliphatic heterocycles. The van der Waals surface area contributed by atoms with E-state index in [1.54, 1.807) is 18.0 Å². The van der Waals surface area contributed by atoms with Gasteiger partial charge in [0, 0.05) is 22.5 Å². The van der Waals surface area contributed by atoms with Gasteiger partial charge in [0.2, 0.25) is 0 Å². The SMILES string of the molecule is C=CCC1(SNc2c(Nc3ccc(C)cc3F)c(C)c(=O)n3c2CCC3)CC1. The first-order valence-electron chi connectivity index (χ1n) is 9.78. The highest BCUT2D eigenvalue weighted by atomic mass is 32.2. The summed E-state index contributed by atoms with van der Waals surface area (Å²) in [5, 5.41) is 3.21. The Morgan fingerprint density at radius 2 is 2.11 bits per heavy atom. The molecule has 6 heteroatoms. The second-order valence-corrected chi connectivity index (χ2v) is 9.14. The third kappa shape index (κ3) is 3.46. The van der Waals surface area contributed by atoms with Crippen molar-refractivity contribution in [3.63, 3.8) is 0 Å². The molecule has 4 rings (SSSR count). The van der Waals surface area contributed by atoms with Crippen molar-refractivity contribution in [1.82, 2.24) is 4.57 Å². The highest BCUT2D eigenvalue weighted by Gasteiger charge is 2.43. The number of halogens is 1. The Kier molecular flexibility index (Phi) is 5.00. The van der Waals surface area contributed by atoms with Crippen LogP contribution in [0.1, 0.15) is 42.5 Å². The van der Waals surface area contributed by atoms with Gasteiger partial charge >= 0.3 is 0 Å². The lowest BCUT2D eigenvalue weighted by Gasteiger charge is -2.22. The van der Waals surface area contributed by atoms with E-state index in [0.717, 1.165) is 55.6 Å². The van der Waals surface area contributed by atoms with Gasteiger partial charge in [0.15, 0.2) is 0 Å². The van der Waals surface area contributed by atoms with Gasteiger partial charge in [0.05, 0.1) is 17.1 Å². The summed E-state index contributed by atoms with van der Waals surface area (Å²) in [4.78, 5) is 12.9. The number of anilines is 3. The topological polar surface area (TPSA) is 46.1 Å². The molecule has 1 aromatic carbocycles. The largest absolute Gasteiger partial charge is 0.351 e. The van der Waals surface area contributed by atoms with Gasteiger partial charge in [0.1, 0.15) is 5.82 Å². The lowest BCUT2D eigenvalue weighted by Crippen LogP contribution is -2.24. The molecule has 2 aliphatic rings. The van der Waals surface area contributed by atoms with E-state index >= 15 is 0 Å². The van der Waals surface area contributed by atoms with Crippen LogP contribution in [0, 0.1) is 19.7 Å². The minimum absolute atomic E-state index is 0.00490. The molecule has 2 heterocycles. The molecule has 148 valence electrons. The maximum atomic E-state index is 14.5. The summed E-state index contributed by atoms with van der Waals surface area (Å²) in [5.41, 5.74) is 4.47. The third-order valence-corrected chi connectivity index (χ3v) is 6.99. The maximum absolute atomic E-state index is 14.5. The quantitative estimate of drug-likeness (QED) is 0.479. The monoisotopic (exact) mass is 399 g/mol. The predicted octanol–water partition coefficient (Wildman–Crippen LogP) is 5.46. The first kappa shape index (κ1) is 19.1. The molecule has 0 bridgehead atoms. The zero-order valence-electron chi connectivity index (χ0n) is 16.4. The van der Waals surface area contributed by atoms with Gasteiger partial charge in [-0.2, -0.15) is 0 Å². The van der Waals surface area contributed by atoms with Gasteiger partial charge in [-0.1, -0.05) is 12.1 Å². The first-order chi connectivity index (χ1) is 13.4. The van der Waals surface area contributed by atoms with Crippen molar-refractivity contribution in [1.29, 1.82) is 0 Å². The van der Waals surface area contributed by atoms with E-state index in [9.17, 15) is 9.18 Å². The zero-order chi connectivity index (χ0) is 19.9. The highest BCUT2D eigenvalue weighted by molar-refractivity contribution is 8.02. The zero-order valence-corrected chi connectivity index (χ0v) is 17.2. The fourth-order valence-electron chi connectivity index (χ4n) is 3.83. The lowest BCUT2D eigenvalue weighted by molar-refractivity contribution is 0.630. The summed E-state index contributed by atoms with van der Waals surface area (Å²) in [6, 6.07) is 5.10. The average Bonchev–Trinajstić information content (AvgIpc) is 3.24. The van der Waals surface area contributed by atoms with Gasteiger partial charge in [-0.05, 0) is 75.6 Å². The van der Waals surface area contributed by atoms with Crippen molar-refractivity contribution in [2.24, 2.45) is 0 Å². The Hall–Kier alpha value is -2.21. The van der Waals surface area contributed by atoms with Crippen LogP contribution < -0.4 is 15.6 Å². The van der Waals surface area contributed by atoms with Gasteiger partial charge in [-0.25, -0.2) is 4.39 Å². The molecule has 0 radical (unpaired) electrons. The Morgan fingerprint density at radius 3 is 2.79 bits per heavy atom. The molecule has 28 heavy (non-hydrogen) atoms. The van der Waals surface area contributed by atoms with Crippen molar-refractivity contribution in [3.05, 3.63) is 63.8 Å². The number of nitrogens with one attached hydrogen (secondary N) is 2. The van der Waals surface area contributed by atoms with Gasteiger partial charge in [-0.15, -0.1) is 6.58 Å². The van der Waals surface area contributed by atoms with Gasteiger partial charge in [-0.3, -0.25) is 4.79 Å². The number of rotatable bonds is 7. The Bertz CT molecular complexity index is 994. The molecule has 0 spiro atoms. The summed E-state index contributed by atoms with van der Waals surface area (Å²) < 4.78 is 20.1. The Balaban J connectivity index is 1.74. The second-order valence-electron chi connectivity index (χ2n) is 7.87. The van der Waals surface area contributed by atoms with E-state index < -0.39 is 0 Å². The molecule has 1 fully saturated rings. The third-order valence-electron chi connectivity index (χ3n) is 5.68. The molecule has 1 aromatic heterocycles. The fourth-order valence-corrected chi connectivity index (χ4v) is 4.88. The molecule has 0 unspecified atom stereocenters. The van der Waals surface area contributed by atoms with Crippen LogP contribution >= 0.6 is 11.9 Å². The van der Waals surface area contributed by atoms with E-state index in [1.165, 1.54) is 6.07 Å². The number of hydrogen-bond acceptors (Lipinski definition) is 4. The van der Waals surface area contributed by atoms with E-state index in [1.807, 2.05) is 30.6 Å². The van der Waals surface area contributed by atoms with Crippen molar-refractivity contribution < 1.29 is 4.39 Å². The minimum atomic E-state index is -0.316. The van der Waals surface area contributed by atoms with Crippen LogP contribution in [0.2, 0.25) is 0 Å². The fraction of sp³-hybridized carbons (Fsp3) is 0.409. The van der Waals surface area contributed by atoms with Crippen LogP contribution in [0.4, 0.5) is 21.5 Å². The number of allylic oxidation sites excluding steroid dienone is 1. The van der Waals surface area contributed by atoms with Crippen molar-refractivity contribution in [2.45, 2.75) is 57.2 Å². The molecule has 0 amide bonds. The van der Waals surface area contributed by atoms with E-state index in [4.69, 9.17) is 0 Å². The van der Waals surface area contributed by atoms with Crippen LogP contribution in [0.5, 0.6) is 0 Å². The smallest absolute Gasteiger partial charge is 0.255 e. The number of aromatic nitrogens is 1. The summed E-state index contributed by atoms with van der Waals surface area (Å²) >= 11 is 1.71.